The van der Waals surface area contributed by atoms with Crippen molar-refractivity contribution in [3.8, 4) is 0 Å². The van der Waals surface area contributed by atoms with Crippen LogP contribution in [0.3, 0.4) is 0 Å². The molecule has 1 atom stereocenters. The van der Waals surface area contributed by atoms with Crippen LogP contribution in [0.25, 0.3) is 11.0 Å². The van der Waals surface area contributed by atoms with Crippen LogP contribution in [0.4, 0.5) is 5.69 Å². The van der Waals surface area contributed by atoms with Crippen LogP contribution >= 0.6 is 0 Å². The van der Waals surface area contributed by atoms with Crippen molar-refractivity contribution in [2.45, 2.75) is 12.8 Å². The van der Waals surface area contributed by atoms with Crippen molar-refractivity contribution < 1.29 is 9.53 Å². The Kier molecular flexibility index (Phi) is 2.93. The zero-order valence-electron chi connectivity index (χ0n) is 9.85. The average molecular weight is 246 g/mol. The molecule has 1 aliphatic heterocycles. The number of amides is 1. The van der Waals surface area contributed by atoms with Crippen LogP contribution in [0.15, 0.2) is 18.2 Å². The highest BCUT2D eigenvalue weighted by Crippen LogP contribution is 2.18. The third-order valence-electron chi connectivity index (χ3n) is 3.11. The lowest BCUT2D eigenvalue weighted by Crippen LogP contribution is -2.30. The first kappa shape index (κ1) is 11.2. The molecule has 1 saturated heterocycles. The fraction of sp³-hybridized carbons (Fsp3) is 0.417. The van der Waals surface area contributed by atoms with Gasteiger partial charge in [0.25, 0.3) is 0 Å². The first-order valence-electron chi connectivity index (χ1n) is 6.02. The van der Waals surface area contributed by atoms with Crippen molar-refractivity contribution in [3.05, 3.63) is 18.2 Å². The zero-order chi connectivity index (χ0) is 12.4. The highest BCUT2D eigenvalue weighted by Gasteiger charge is 2.21. The van der Waals surface area contributed by atoms with Crippen LogP contribution in [-0.2, 0) is 9.53 Å². The molecule has 2 heterocycles. The smallest absolute Gasteiger partial charge is 0.229 e. The molecule has 1 fully saturated rings. The van der Waals surface area contributed by atoms with Crippen molar-refractivity contribution in [2.24, 2.45) is 5.92 Å². The molecule has 2 N–H and O–H groups in total. The number of carbonyl (C=O) groups is 1. The molecule has 6 nitrogen and oxygen atoms in total. The minimum absolute atomic E-state index is 0.0116. The Bertz CT molecular complexity index is 560. The van der Waals surface area contributed by atoms with Crippen LogP contribution in [0.1, 0.15) is 12.8 Å². The van der Waals surface area contributed by atoms with E-state index in [2.05, 4.69) is 20.7 Å². The lowest BCUT2D eigenvalue weighted by Gasteiger charge is -2.21. The molecule has 0 bridgehead atoms. The molecule has 94 valence electrons. The summed E-state index contributed by atoms with van der Waals surface area (Å²) in [5.41, 5.74) is 2.27. The molecule has 6 heteroatoms. The summed E-state index contributed by atoms with van der Waals surface area (Å²) < 4.78 is 5.31. The van der Waals surface area contributed by atoms with Crippen LogP contribution in [0.5, 0.6) is 0 Å². The van der Waals surface area contributed by atoms with Gasteiger partial charge in [0.05, 0.1) is 12.5 Å². The second-order valence-corrected chi connectivity index (χ2v) is 4.43. The summed E-state index contributed by atoms with van der Waals surface area (Å²) in [6, 6.07) is 5.46. The molecule has 3 rings (SSSR count). The summed E-state index contributed by atoms with van der Waals surface area (Å²) in [5, 5.41) is 13.4. The zero-order valence-corrected chi connectivity index (χ0v) is 9.85. The normalized spacial score (nSPS) is 19.9. The lowest BCUT2D eigenvalue weighted by molar-refractivity contribution is -0.123. The van der Waals surface area contributed by atoms with Crippen molar-refractivity contribution in [1.82, 2.24) is 15.4 Å². The van der Waals surface area contributed by atoms with Gasteiger partial charge in [0.15, 0.2) is 0 Å². The van der Waals surface area contributed by atoms with Crippen LogP contribution in [0.2, 0.25) is 0 Å². The molecule has 1 aromatic carbocycles. The van der Waals surface area contributed by atoms with E-state index in [-0.39, 0.29) is 11.8 Å². The molecule has 1 amide bonds. The van der Waals surface area contributed by atoms with E-state index in [1.54, 1.807) is 6.07 Å². The van der Waals surface area contributed by atoms with E-state index in [1.165, 1.54) is 0 Å². The quantitative estimate of drug-likeness (QED) is 0.837. The number of aromatic nitrogens is 3. The molecule has 0 spiro atoms. The number of hydrogen-bond acceptors (Lipinski definition) is 4. The van der Waals surface area contributed by atoms with Gasteiger partial charge in [-0.2, -0.15) is 15.4 Å². The number of fused-ring (bicyclic) bond motifs is 1. The summed E-state index contributed by atoms with van der Waals surface area (Å²) in [6.45, 7) is 1.27. The van der Waals surface area contributed by atoms with Crippen molar-refractivity contribution >= 4 is 22.6 Å². The van der Waals surface area contributed by atoms with Gasteiger partial charge in [0.2, 0.25) is 5.91 Å². The maximum absolute atomic E-state index is 12.0. The number of H-pyrrole nitrogens is 1. The monoisotopic (exact) mass is 246 g/mol. The summed E-state index contributed by atoms with van der Waals surface area (Å²) in [5.74, 6) is -0.0377. The van der Waals surface area contributed by atoms with Crippen molar-refractivity contribution in [2.75, 3.05) is 18.5 Å². The van der Waals surface area contributed by atoms with Gasteiger partial charge in [-0.1, -0.05) is 0 Å². The minimum atomic E-state index is -0.0493. The summed E-state index contributed by atoms with van der Waals surface area (Å²) in [4.78, 5) is 12.0. The first-order valence-corrected chi connectivity index (χ1v) is 6.02. The number of hydrogen-bond donors (Lipinski definition) is 2. The SMILES string of the molecule is O=C(Nc1ccc2n[nH]nc2c1)[C@H]1CCCOC1. The van der Waals surface area contributed by atoms with Gasteiger partial charge in [0.1, 0.15) is 11.0 Å². The van der Waals surface area contributed by atoms with Crippen LogP contribution in [-0.4, -0.2) is 34.5 Å². The fourth-order valence-corrected chi connectivity index (χ4v) is 2.11. The van der Waals surface area contributed by atoms with Gasteiger partial charge in [-0.3, -0.25) is 4.79 Å². The lowest BCUT2D eigenvalue weighted by atomic mass is 10.0. The number of anilines is 1. The average Bonchev–Trinajstić information content (AvgIpc) is 2.87. The Balaban J connectivity index is 1.72. The van der Waals surface area contributed by atoms with E-state index in [1.807, 2.05) is 12.1 Å². The number of aromatic amines is 1. The summed E-state index contributed by atoms with van der Waals surface area (Å²) >= 11 is 0. The number of benzene rings is 1. The predicted molar refractivity (Wildman–Crippen MR) is 66.1 cm³/mol. The second-order valence-electron chi connectivity index (χ2n) is 4.43. The number of ether oxygens (including phenoxy) is 1. The molecule has 0 radical (unpaired) electrons. The Labute approximate surface area is 104 Å². The number of nitrogens with one attached hydrogen (secondary N) is 2. The molecule has 1 aliphatic rings. The maximum Gasteiger partial charge on any atom is 0.229 e. The summed E-state index contributed by atoms with van der Waals surface area (Å²) in [7, 11) is 0. The van der Waals surface area contributed by atoms with Gasteiger partial charge in [-0.05, 0) is 31.0 Å². The van der Waals surface area contributed by atoms with E-state index in [0.717, 1.165) is 36.2 Å². The van der Waals surface area contributed by atoms with E-state index in [0.29, 0.717) is 6.61 Å². The Hall–Kier alpha value is -1.95. The predicted octanol–water partition coefficient (Wildman–Crippen LogP) is 1.32. The molecule has 0 saturated carbocycles. The molecule has 18 heavy (non-hydrogen) atoms. The highest BCUT2D eigenvalue weighted by molar-refractivity contribution is 5.94. The number of carbonyl (C=O) groups excluding carboxylic acids is 1. The topological polar surface area (TPSA) is 79.9 Å². The van der Waals surface area contributed by atoms with E-state index >= 15 is 0 Å². The standard InChI is InChI=1S/C12H14N4O2/c17-12(8-2-1-5-18-7-8)13-9-3-4-10-11(6-9)15-16-14-10/h3-4,6,8H,1-2,5,7H2,(H,13,17)(H,14,15,16)/t8-/m0/s1. The Morgan fingerprint density at radius 1 is 1.39 bits per heavy atom. The highest BCUT2D eigenvalue weighted by atomic mass is 16.5. The molecule has 0 aliphatic carbocycles. The van der Waals surface area contributed by atoms with E-state index < -0.39 is 0 Å². The van der Waals surface area contributed by atoms with Gasteiger partial charge in [0, 0.05) is 12.3 Å². The fourth-order valence-electron chi connectivity index (χ4n) is 2.11. The number of rotatable bonds is 2. The second kappa shape index (κ2) is 4.73. The molecule has 2 aromatic rings. The van der Waals surface area contributed by atoms with Gasteiger partial charge in [-0.25, -0.2) is 0 Å². The molecular weight excluding hydrogens is 232 g/mol. The van der Waals surface area contributed by atoms with Crippen molar-refractivity contribution in [1.29, 1.82) is 0 Å². The van der Waals surface area contributed by atoms with E-state index in [9.17, 15) is 4.79 Å². The first-order chi connectivity index (χ1) is 8.83. The third kappa shape index (κ3) is 2.19. The molecular formula is C12H14N4O2. The minimum Gasteiger partial charge on any atom is -0.381 e. The van der Waals surface area contributed by atoms with E-state index in [4.69, 9.17) is 4.74 Å². The van der Waals surface area contributed by atoms with Gasteiger partial charge in [-0.15, -0.1) is 0 Å². The Morgan fingerprint density at radius 2 is 2.28 bits per heavy atom. The maximum atomic E-state index is 12.0. The van der Waals surface area contributed by atoms with Crippen molar-refractivity contribution in [3.63, 3.8) is 0 Å². The molecule has 0 unspecified atom stereocenters. The number of nitrogens with zero attached hydrogens (tertiary/aromatic N) is 2. The summed E-state index contributed by atoms with van der Waals surface area (Å²) in [6.07, 6.45) is 1.83. The third-order valence-corrected chi connectivity index (χ3v) is 3.11. The molecule has 1 aromatic heterocycles. The van der Waals surface area contributed by atoms with Gasteiger partial charge >= 0.3 is 0 Å². The van der Waals surface area contributed by atoms with Gasteiger partial charge < -0.3 is 10.1 Å². The Morgan fingerprint density at radius 3 is 3.11 bits per heavy atom. The largest absolute Gasteiger partial charge is 0.381 e. The van der Waals surface area contributed by atoms with Crippen LogP contribution in [0, 0.1) is 5.92 Å². The van der Waals surface area contributed by atoms with Crippen LogP contribution < -0.4 is 5.32 Å².